The summed E-state index contributed by atoms with van der Waals surface area (Å²) in [6.07, 6.45) is 2.01. The number of nitrogens with zero attached hydrogens (tertiary/aromatic N) is 1. The first-order valence-electron chi connectivity index (χ1n) is 6.36. The maximum absolute atomic E-state index is 11.5. The lowest BCUT2D eigenvalue weighted by Gasteiger charge is -2.10. The van der Waals surface area contributed by atoms with Crippen LogP contribution in [0.4, 0.5) is 5.69 Å². The molecule has 110 valence electrons. The number of aliphatic hydroxyl groups is 1. The van der Waals surface area contributed by atoms with Crippen LogP contribution in [0.2, 0.25) is 0 Å². The molecule has 0 saturated carbocycles. The molecule has 2 aromatic rings. The number of hydrogen-bond donors (Lipinski definition) is 2. The Balaban J connectivity index is 2.21. The molecule has 0 aliphatic heterocycles. The molecular weight excluding hydrogens is 272 g/mol. The lowest BCUT2D eigenvalue weighted by atomic mass is 10.1. The van der Waals surface area contributed by atoms with Gasteiger partial charge in [-0.15, -0.1) is 0 Å². The first-order chi connectivity index (χ1) is 10.2. The summed E-state index contributed by atoms with van der Waals surface area (Å²) in [6, 6.07) is 8.64. The number of ether oxygens (including phenoxy) is 2. The van der Waals surface area contributed by atoms with E-state index in [0.29, 0.717) is 12.2 Å². The van der Waals surface area contributed by atoms with Crippen LogP contribution in [0.3, 0.4) is 0 Å². The van der Waals surface area contributed by atoms with Gasteiger partial charge in [0.1, 0.15) is 11.4 Å². The quantitative estimate of drug-likeness (QED) is 0.814. The second kappa shape index (κ2) is 6.71. The first-order valence-corrected chi connectivity index (χ1v) is 6.36. The van der Waals surface area contributed by atoms with Crippen LogP contribution in [0.1, 0.15) is 15.9 Å². The van der Waals surface area contributed by atoms with Crippen LogP contribution in [0.15, 0.2) is 36.5 Å². The van der Waals surface area contributed by atoms with Crippen molar-refractivity contribution in [3.05, 3.63) is 47.7 Å². The molecule has 6 heteroatoms. The third-order valence-electron chi connectivity index (χ3n) is 2.90. The third kappa shape index (κ3) is 3.49. The van der Waals surface area contributed by atoms with Crippen LogP contribution >= 0.6 is 0 Å². The van der Waals surface area contributed by atoms with Crippen LogP contribution in [-0.4, -0.2) is 29.8 Å². The van der Waals surface area contributed by atoms with E-state index in [2.05, 4.69) is 9.72 Å². The topological polar surface area (TPSA) is 94.7 Å². The van der Waals surface area contributed by atoms with Gasteiger partial charge >= 0.3 is 5.97 Å². The van der Waals surface area contributed by atoms with Gasteiger partial charge in [-0.25, -0.2) is 9.78 Å². The van der Waals surface area contributed by atoms with Crippen molar-refractivity contribution in [2.24, 2.45) is 0 Å². The van der Waals surface area contributed by atoms with E-state index >= 15 is 0 Å². The molecule has 0 aliphatic carbocycles. The van der Waals surface area contributed by atoms with Crippen LogP contribution in [0, 0.1) is 0 Å². The zero-order valence-electron chi connectivity index (χ0n) is 11.6. The van der Waals surface area contributed by atoms with Crippen LogP contribution < -0.4 is 10.5 Å². The molecule has 2 rings (SSSR count). The maximum atomic E-state index is 11.5. The van der Waals surface area contributed by atoms with E-state index in [1.807, 2.05) is 12.1 Å². The molecular formula is C15H16N2O4. The minimum absolute atomic E-state index is 0.0931. The van der Waals surface area contributed by atoms with E-state index in [1.54, 1.807) is 12.1 Å². The minimum atomic E-state index is -0.543. The van der Waals surface area contributed by atoms with Crippen molar-refractivity contribution in [1.82, 2.24) is 4.98 Å². The van der Waals surface area contributed by atoms with Gasteiger partial charge in [-0.2, -0.15) is 0 Å². The number of benzene rings is 1. The van der Waals surface area contributed by atoms with Gasteiger partial charge in [0.05, 0.1) is 12.7 Å². The normalized spacial score (nSPS) is 10.2. The van der Waals surface area contributed by atoms with Crippen molar-refractivity contribution in [3.8, 4) is 11.6 Å². The van der Waals surface area contributed by atoms with Gasteiger partial charge in [-0.05, 0) is 30.2 Å². The Hall–Kier alpha value is -2.60. The van der Waals surface area contributed by atoms with Crippen molar-refractivity contribution in [1.29, 1.82) is 0 Å². The molecule has 21 heavy (non-hydrogen) atoms. The number of carbonyl (C=O) groups is 1. The van der Waals surface area contributed by atoms with Gasteiger partial charge in [0.25, 0.3) is 0 Å². The maximum Gasteiger partial charge on any atom is 0.340 e. The molecule has 1 aromatic heterocycles. The van der Waals surface area contributed by atoms with E-state index in [0.717, 1.165) is 5.56 Å². The lowest BCUT2D eigenvalue weighted by molar-refractivity contribution is 0.0601. The molecule has 0 fully saturated rings. The van der Waals surface area contributed by atoms with E-state index in [1.165, 1.54) is 19.4 Å². The highest BCUT2D eigenvalue weighted by Crippen LogP contribution is 2.28. The number of carbonyl (C=O) groups excluding carboxylic acids is 1. The van der Waals surface area contributed by atoms with Gasteiger partial charge < -0.3 is 20.3 Å². The molecule has 1 aromatic carbocycles. The Morgan fingerprint density at radius 3 is 2.62 bits per heavy atom. The standard InChI is InChI=1S/C15H16N2O4/c1-20-15(19)12-6-8-17-14(13(12)16)21-11-4-2-10(3-5-11)7-9-18/h2-6,8,18H,7,9,16H2,1H3. The largest absolute Gasteiger partial charge is 0.465 e. The van der Waals surface area contributed by atoms with Crippen molar-refractivity contribution in [2.45, 2.75) is 6.42 Å². The van der Waals surface area contributed by atoms with Crippen LogP contribution in [-0.2, 0) is 11.2 Å². The fourth-order valence-electron chi connectivity index (χ4n) is 1.79. The smallest absolute Gasteiger partial charge is 0.340 e. The highest BCUT2D eigenvalue weighted by atomic mass is 16.5. The van der Waals surface area contributed by atoms with E-state index < -0.39 is 5.97 Å². The molecule has 0 radical (unpaired) electrons. The highest BCUT2D eigenvalue weighted by Gasteiger charge is 2.15. The molecule has 3 N–H and O–H groups in total. The molecule has 0 unspecified atom stereocenters. The van der Waals surface area contributed by atoms with Crippen molar-refractivity contribution in [2.75, 3.05) is 19.5 Å². The molecule has 1 heterocycles. The summed E-state index contributed by atoms with van der Waals surface area (Å²) in [5.41, 5.74) is 7.19. The average molecular weight is 288 g/mol. The predicted octanol–water partition coefficient (Wildman–Crippen LogP) is 1.78. The number of esters is 1. The SMILES string of the molecule is COC(=O)c1ccnc(Oc2ccc(CCO)cc2)c1N. The monoisotopic (exact) mass is 288 g/mol. The summed E-state index contributed by atoms with van der Waals surface area (Å²) in [5.74, 6) is 0.142. The van der Waals surface area contributed by atoms with Crippen molar-refractivity contribution in [3.63, 3.8) is 0 Å². The Labute approximate surface area is 122 Å². The van der Waals surface area contributed by atoms with Gasteiger partial charge in [0, 0.05) is 12.8 Å². The fourth-order valence-corrected chi connectivity index (χ4v) is 1.79. The molecule has 0 atom stereocenters. The van der Waals surface area contributed by atoms with Crippen molar-refractivity contribution < 1.29 is 19.4 Å². The second-order valence-corrected chi connectivity index (χ2v) is 4.29. The molecule has 6 nitrogen and oxygen atoms in total. The Kier molecular flexibility index (Phi) is 4.73. The summed E-state index contributed by atoms with van der Waals surface area (Å²) in [7, 11) is 1.28. The Morgan fingerprint density at radius 2 is 2.00 bits per heavy atom. The summed E-state index contributed by atoms with van der Waals surface area (Å²) in [6.45, 7) is 0.0931. The summed E-state index contributed by atoms with van der Waals surface area (Å²) >= 11 is 0. The molecule has 0 bridgehead atoms. The third-order valence-corrected chi connectivity index (χ3v) is 2.90. The number of nitrogen functional groups attached to an aromatic ring is 1. The Bertz CT molecular complexity index is 626. The van der Waals surface area contributed by atoms with Crippen molar-refractivity contribution >= 4 is 11.7 Å². The number of aliphatic hydroxyl groups excluding tert-OH is 1. The number of aromatic nitrogens is 1. The number of pyridine rings is 1. The summed E-state index contributed by atoms with van der Waals surface area (Å²) in [5, 5.41) is 8.86. The number of rotatable bonds is 5. The minimum Gasteiger partial charge on any atom is -0.465 e. The summed E-state index contributed by atoms with van der Waals surface area (Å²) < 4.78 is 10.2. The van der Waals surface area contributed by atoms with E-state index in [4.69, 9.17) is 15.6 Å². The van der Waals surface area contributed by atoms with Gasteiger partial charge in [-0.1, -0.05) is 12.1 Å². The van der Waals surface area contributed by atoms with E-state index in [-0.39, 0.29) is 23.7 Å². The number of methoxy groups -OCH3 is 1. The first kappa shape index (κ1) is 14.8. The molecule has 0 saturated heterocycles. The zero-order chi connectivity index (χ0) is 15.2. The molecule has 0 amide bonds. The van der Waals surface area contributed by atoms with Crippen LogP contribution in [0.25, 0.3) is 0 Å². The lowest BCUT2D eigenvalue weighted by Crippen LogP contribution is -2.07. The average Bonchev–Trinajstić information content (AvgIpc) is 2.51. The van der Waals surface area contributed by atoms with Gasteiger partial charge in [-0.3, -0.25) is 0 Å². The number of hydrogen-bond acceptors (Lipinski definition) is 6. The van der Waals surface area contributed by atoms with Crippen LogP contribution in [0.5, 0.6) is 11.6 Å². The number of anilines is 1. The Morgan fingerprint density at radius 1 is 1.29 bits per heavy atom. The number of nitrogens with two attached hydrogens (primary N) is 1. The van der Waals surface area contributed by atoms with E-state index in [9.17, 15) is 4.79 Å². The zero-order valence-corrected chi connectivity index (χ0v) is 11.6. The van der Waals surface area contributed by atoms with Gasteiger partial charge in [0.15, 0.2) is 0 Å². The second-order valence-electron chi connectivity index (χ2n) is 4.29. The molecule has 0 spiro atoms. The highest BCUT2D eigenvalue weighted by molar-refractivity contribution is 5.96. The predicted molar refractivity (Wildman–Crippen MR) is 77.3 cm³/mol. The molecule has 0 aliphatic rings. The fraction of sp³-hybridized carbons (Fsp3) is 0.200. The summed E-state index contributed by atoms with van der Waals surface area (Å²) in [4.78, 5) is 15.6. The van der Waals surface area contributed by atoms with Gasteiger partial charge in [0.2, 0.25) is 5.88 Å².